The normalized spacial score (nSPS) is 55.4. The molecular formula is C20H33F. The van der Waals surface area contributed by atoms with E-state index in [9.17, 15) is 4.39 Å². The predicted molar refractivity (Wildman–Crippen MR) is 85.9 cm³/mol. The molecule has 2 bridgehead atoms. The molecule has 0 aromatic carbocycles. The Morgan fingerprint density at radius 3 is 2.48 bits per heavy atom. The van der Waals surface area contributed by atoms with Gasteiger partial charge in [-0.05, 0) is 85.4 Å². The minimum absolute atomic E-state index is 0.388. The Kier molecular flexibility index (Phi) is 3.10. The number of rotatable bonds is 0. The van der Waals surface area contributed by atoms with E-state index in [4.69, 9.17) is 0 Å². The molecule has 4 aliphatic rings. The summed E-state index contributed by atoms with van der Waals surface area (Å²) in [6, 6.07) is 0. The van der Waals surface area contributed by atoms with Crippen LogP contribution in [0.2, 0.25) is 0 Å². The fourth-order valence-electron chi connectivity index (χ4n) is 7.98. The summed E-state index contributed by atoms with van der Waals surface area (Å²) in [4.78, 5) is 0. The van der Waals surface area contributed by atoms with Crippen LogP contribution in [-0.2, 0) is 0 Å². The molecule has 0 radical (unpaired) electrons. The van der Waals surface area contributed by atoms with Crippen LogP contribution < -0.4 is 0 Å². The maximum absolute atomic E-state index is 14.4. The Morgan fingerprint density at radius 1 is 0.857 bits per heavy atom. The van der Waals surface area contributed by atoms with E-state index in [2.05, 4.69) is 20.8 Å². The molecule has 1 unspecified atom stereocenters. The van der Waals surface area contributed by atoms with Crippen molar-refractivity contribution in [2.45, 2.75) is 91.2 Å². The van der Waals surface area contributed by atoms with Crippen molar-refractivity contribution in [3.05, 3.63) is 0 Å². The van der Waals surface area contributed by atoms with Crippen molar-refractivity contribution in [1.82, 2.24) is 0 Å². The highest BCUT2D eigenvalue weighted by molar-refractivity contribution is 5.11. The van der Waals surface area contributed by atoms with E-state index in [1.807, 2.05) is 0 Å². The van der Waals surface area contributed by atoms with Gasteiger partial charge in [0.2, 0.25) is 0 Å². The van der Waals surface area contributed by atoms with Crippen LogP contribution in [0.5, 0.6) is 0 Å². The lowest BCUT2D eigenvalue weighted by atomic mass is 9.38. The first-order chi connectivity index (χ1) is 9.86. The summed E-state index contributed by atoms with van der Waals surface area (Å²) in [6.07, 6.45) is 12.3. The third-order valence-electron chi connectivity index (χ3n) is 8.52. The molecule has 0 aliphatic heterocycles. The van der Waals surface area contributed by atoms with E-state index in [1.54, 1.807) is 0 Å². The molecule has 1 spiro atoms. The highest BCUT2D eigenvalue weighted by atomic mass is 19.1. The maximum atomic E-state index is 14.4. The van der Waals surface area contributed by atoms with Crippen LogP contribution in [0.4, 0.5) is 4.39 Å². The maximum Gasteiger partial charge on any atom is 0.101 e. The van der Waals surface area contributed by atoms with Gasteiger partial charge < -0.3 is 0 Å². The van der Waals surface area contributed by atoms with Crippen LogP contribution in [-0.4, -0.2) is 6.17 Å². The Labute approximate surface area is 130 Å². The van der Waals surface area contributed by atoms with Crippen LogP contribution in [0.1, 0.15) is 85.0 Å². The summed E-state index contributed by atoms with van der Waals surface area (Å²) in [5, 5.41) is 0. The number of hydrogen-bond donors (Lipinski definition) is 0. The first-order valence-electron chi connectivity index (χ1n) is 9.50. The van der Waals surface area contributed by atoms with Gasteiger partial charge in [0.05, 0.1) is 0 Å². The summed E-state index contributed by atoms with van der Waals surface area (Å²) < 4.78 is 14.4. The van der Waals surface area contributed by atoms with E-state index >= 15 is 0 Å². The molecule has 0 aromatic heterocycles. The summed E-state index contributed by atoms with van der Waals surface area (Å²) in [5.74, 6) is 2.41. The summed E-state index contributed by atoms with van der Waals surface area (Å²) >= 11 is 0. The van der Waals surface area contributed by atoms with Crippen LogP contribution in [0.3, 0.4) is 0 Å². The Morgan fingerprint density at radius 2 is 1.67 bits per heavy atom. The third-order valence-corrected chi connectivity index (χ3v) is 8.52. The minimum atomic E-state index is -0.497. The van der Waals surface area contributed by atoms with Crippen LogP contribution >= 0.6 is 0 Å². The van der Waals surface area contributed by atoms with E-state index < -0.39 is 6.17 Å². The molecule has 120 valence electrons. The van der Waals surface area contributed by atoms with Crippen molar-refractivity contribution >= 4 is 0 Å². The van der Waals surface area contributed by atoms with Crippen LogP contribution in [0.25, 0.3) is 0 Å². The molecule has 0 aromatic rings. The molecule has 0 amide bonds. The Hall–Kier alpha value is -0.0700. The molecule has 0 saturated heterocycles. The zero-order valence-corrected chi connectivity index (χ0v) is 14.3. The molecule has 4 aliphatic carbocycles. The van der Waals surface area contributed by atoms with Gasteiger partial charge in [-0.1, -0.05) is 33.6 Å². The Bertz CT molecular complexity index is 424. The van der Waals surface area contributed by atoms with Gasteiger partial charge in [-0.25, -0.2) is 4.39 Å². The second-order valence-electron chi connectivity index (χ2n) is 10.0. The number of halogens is 1. The lowest BCUT2D eigenvalue weighted by molar-refractivity contribution is -0.177. The van der Waals surface area contributed by atoms with Crippen molar-refractivity contribution in [1.29, 1.82) is 0 Å². The molecular weight excluding hydrogens is 259 g/mol. The molecule has 0 nitrogen and oxygen atoms in total. The van der Waals surface area contributed by atoms with Gasteiger partial charge in [0.15, 0.2) is 0 Å². The average Bonchev–Trinajstić information content (AvgIpc) is 2.35. The predicted octanol–water partition coefficient (Wildman–Crippen LogP) is 6.15. The van der Waals surface area contributed by atoms with Gasteiger partial charge in [0.1, 0.15) is 6.17 Å². The fourth-order valence-corrected chi connectivity index (χ4v) is 7.98. The van der Waals surface area contributed by atoms with Gasteiger partial charge in [0.25, 0.3) is 0 Å². The fraction of sp³-hybridized carbons (Fsp3) is 1.00. The summed E-state index contributed by atoms with van der Waals surface area (Å²) in [6.45, 7) is 7.63. The van der Waals surface area contributed by atoms with E-state index in [-0.39, 0.29) is 0 Å². The lowest BCUT2D eigenvalue weighted by Crippen LogP contribution is -2.59. The number of alkyl halides is 1. The molecule has 6 atom stereocenters. The highest BCUT2D eigenvalue weighted by Crippen LogP contribution is 2.70. The average molecular weight is 292 g/mol. The molecule has 4 fully saturated rings. The SMILES string of the molecule is CC1(C)CCC[C@]2(C)[C@@H]1CC[C@]13CC(F)C[C@H](CC[C@H]12)C3. The van der Waals surface area contributed by atoms with E-state index in [0.717, 1.165) is 24.7 Å². The first-order valence-corrected chi connectivity index (χ1v) is 9.50. The van der Waals surface area contributed by atoms with Gasteiger partial charge in [0, 0.05) is 0 Å². The topological polar surface area (TPSA) is 0 Å². The second kappa shape index (κ2) is 4.48. The molecule has 0 N–H and O–H groups in total. The number of fused-ring (bicyclic) bond motifs is 3. The van der Waals surface area contributed by atoms with Crippen molar-refractivity contribution < 1.29 is 4.39 Å². The van der Waals surface area contributed by atoms with Gasteiger partial charge in [-0.3, -0.25) is 0 Å². The first kappa shape index (κ1) is 14.5. The van der Waals surface area contributed by atoms with E-state index in [0.29, 0.717) is 22.2 Å². The smallest absolute Gasteiger partial charge is 0.101 e. The highest BCUT2D eigenvalue weighted by Gasteiger charge is 2.62. The molecule has 0 heterocycles. The van der Waals surface area contributed by atoms with Crippen molar-refractivity contribution in [3.8, 4) is 0 Å². The monoisotopic (exact) mass is 292 g/mol. The van der Waals surface area contributed by atoms with Gasteiger partial charge >= 0.3 is 0 Å². The van der Waals surface area contributed by atoms with Crippen LogP contribution in [0, 0.1) is 34.0 Å². The number of hydrogen-bond acceptors (Lipinski definition) is 0. The largest absolute Gasteiger partial charge is 0.247 e. The molecule has 1 heteroatoms. The van der Waals surface area contributed by atoms with Gasteiger partial charge in [-0.15, -0.1) is 0 Å². The zero-order chi connectivity index (χ0) is 14.9. The summed E-state index contributed by atoms with van der Waals surface area (Å²) in [7, 11) is 0. The molecule has 4 saturated carbocycles. The van der Waals surface area contributed by atoms with Crippen molar-refractivity contribution in [3.63, 3.8) is 0 Å². The van der Waals surface area contributed by atoms with Crippen LogP contribution in [0.15, 0.2) is 0 Å². The standard InChI is InChI=1S/C20H33F/c1-18(2)8-4-9-19(3)16(18)7-10-20-12-14(5-6-17(19)20)11-15(21)13-20/h14-17H,4-13H2,1-3H3/t14-,15?,16+,17-,19+,20-/m0/s1. The van der Waals surface area contributed by atoms with Crippen molar-refractivity contribution in [2.24, 2.45) is 34.0 Å². The minimum Gasteiger partial charge on any atom is -0.247 e. The summed E-state index contributed by atoms with van der Waals surface area (Å²) in [5.41, 5.74) is 1.40. The lowest BCUT2D eigenvalue weighted by Gasteiger charge is -2.67. The third kappa shape index (κ3) is 1.98. The zero-order valence-electron chi connectivity index (χ0n) is 14.3. The van der Waals surface area contributed by atoms with E-state index in [1.165, 1.54) is 51.4 Å². The molecule has 4 rings (SSSR count). The van der Waals surface area contributed by atoms with Gasteiger partial charge in [-0.2, -0.15) is 0 Å². The Balaban J connectivity index is 1.71. The quantitative estimate of drug-likeness (QED) is 0.502. The molecule has 21 heavy (non-hydrogen) atoms. The van der Waals surface area contributed by atoms with Crippen molar-refractivity contribution in [2.75, 3.05) is 0 Å². The second-order valence-corrected chi connectivity index (χ2v) is 10.0.